The van der Waals surface area contributed by atoms with Crippen LogP contribution >= 0.6 is 0 Å². The van der Waals surface area contributed by atoms with Crippen molar-refractivity contribution in [3.05, 3.63) is 85.2 Å². The summed E-state index contributed by atoms with van der Waals surface area (Å²) in [7, 11) is 0. The summed E-state index contributed by atoms with van der Waals surface area (Å²) in [6.45, 7) is 26.3. The maximum absolute atomic E-state index is 5.82. The Bertz CT molecular complexity index is 631. The third kappa shape index (κ3) is 10.2. The van der Waals surface area contributed by atoms with Crippen LogP contribution in [0.25, 0.3) is 0 Å². The molecule has 31 heavy (non-hydrogen) atoms. The molecule has 174 valence electrons. The lowest BCUT2D eigenvalue weighted by Gasteiger charge is -2.43. The van der Waals surface area contributed by atoms with E-state index in [9.17, 15) is 0 Å². The number of hydrogen-bond acceptors (Lipinski definition) is 3. The van der Waals surface area contributed by atoms with Crippen LogP contribution in [0.1, 0.15) is 53.9 Å². The van der Waals surface area contributed by atoms with Gasteiger partial charge in [-0.25, -0.2) is 0 Å². The smallest absolute Gasteiger partial charge is 0.119 e. The zero-order valence-corrected chi connectivity index (χ0v) is 20.8. The Morgan fingerprint density at radius 1 is 1.03 bits per heavy atom. The van der Waals surface area contributed by atoms with E-state index in [2.05, 4.69) is 54.7 Å². The van der Waals surface area contributed by atoms with Gasteiger partial charge >= 0.3 is 0 Å². The standard InChI is InChI=1S/C24H34N2O.2C2H6/c1-5-9-10-12-21(7-3)13-16-25-17-14-23(15-18-25)26-20-27-19-22(11-6-2)24(26)8-4;2*1-2/h5-12,23H,1-3,13-20H2,4H3;2*1-2H3/b10-9-,21-12+,22-11-,24-8+;;. The van der Waals surface area contributed by atoms with Gasteiger partial charge in [0.1, 0.15) is 6.73 Å². The highest BCUT2D eigenvalue weighted by molar-refractivity contribution is 5.34. The van der Waals surface area contributed by atoms with E-state index in [1.807, 2.05) is 52.0 Å². The van der Waals surface area contributed by atoms with Gasteiger partial charge in [0.05, 0.1) is 6.61 Å². The second kappa shape index (κ2) is 18.7. The number of nitrogens with zero attached hydrogens (tertiary/aromatic N) is 2. The molecule has 0 atom stereocenters. The Kier molecular flexibility index (Phi) is 17.4. The maximum Gasteiger partial charge on any atom is 0.119 e. The van der Waals surface area contributed by atoms with Crippen LogP contribution in [0.5, 0.6) is 0 Å². The van der Waals surface area contributed by atoms with Gasteiger partial charge in [-0.15, -0.1) is 0 Å². The van der Waals surface area contributed by atoms with E-state index < -0.39 is 0 Å². The van der Waals surface area contributed by atoms with E-state index in [0.717, 1.165) is 26.1 Å². The van der Waals surface area contributed by atoms with Crippen molar-refractivity contribution in [3.63, 3.8) is 0 Å². The van der Waals surface area contributed by atoms with Crippen LogP contribution in [0.15, 0.2) is 85.2 Å². The lowest BCUT2D eigenvalue weighted by Crippen LogP contribution is -2.47. The SMILES string of the molecule is C=C/C=C\C=C(/C=C)CCN1CCC(N2COCC(=C/C=C)/C2=C\C)CC1.CC.CC. The van der Waals surface area contributed by atoms with Crippen LogP contribution in [-0.2, 0) is 4.74 Å². The second-order valence-corrected chi connectivity index (χ2v) is 6.94. The Labute approximate surface area is 192 Å². The normalized spacial score (nSPS) is 20.7. The topological polar surface area (TPSA) is 15.7 Å². The molecule has 3 heteroatoms. The molecule has 0 spiro atoms. The first kappa shape index (κ1) is 28.9. The molecule has 0 N–H and O–H groups in total. The van der Waals surface area contributed by atoms with Gasteiger partial charge in [0.2, 0.25) is 0 Å². The number of rotatable bonds is 8. The summed E-state index contributed by atoms with van der Waals surface area (Å²) in [5.74, 6) is 0. The zero-order chi connectivity index (χ0) is 23.5. The largest absolute Gasteiger partial charge is 0.356 e. The molecule has 2 aliphatic heterocycles. The summed E-state index contributed by atoms with van der Waals surface area (Å²) in [6, 6.07) is 0.547. The number of ether oxygens (including phenoxy) is 1. The number of allylic oxidation sites excluding steroid dienone is 8. The lowest BCUT2D eigenvalue weighted by molar-refractivity contribution is -0.00116. The molecular formula is C28H46N2O. The van der Waals surface area contributed by atoms with Crippen LogP contribution < -0.4 is 0 Å². The molecular weight excluding hydrogens is 380 g/mol. The zero-order valence-electron chi connectivity index (χ0n) is 20.8. The molecule has 0 saturated carbocycles. The summed E-state index contributed by atoms with van der Waals surface area (Å²) < 4.78 is 5.82. The van der Waals surface area contributed by atoms with Crippen molar-refractivity contribution >= 4 is 0 Å². The average Bonchev–Trinajstić information content (AvgIpc) is 2.84. The van der Waals surface area contributed by atoms with E-state index >= 15 is 0 Å². The van der Waals surface area contributed by atoms with Crippen LogP contribution in [0, 0.1) is 0 Å². The molecule has 0 unspecified atom stereocenters. The summed E-state index contributed by atoms with van der Waals surface area (Å²) in [4.78, 5) is 5.00. The highest BCUT2D eigenvalue weighted by Gasteiger charge is 2.29. The van der Waals surface area contributed by atoms with Gasteiger partial charge in [-0.3, -0.25) is 0 Å². The maximum atomic E-state index is 5.82. The van der Waals surface area contributed by atoms with Gasteiger partial charge in [-0.05, 0) is 31.8 Å². The summed E-state index contributed by atoms with van der Waals surface area (Å²) in [5, 5.41) is 0. The molecule has 2 aliphatic rings. The van der Waals surface area contributed by atoms with E-state index in [1.54, 1.807) is 6.08 Å². The average molecular weight is 427 g/mol. The molecule has 2 fully saturated rings. The summed E-state index contributed by atoms with van der Waals surface area (Å²) >= 11 is 0. The first-order valence-electron chi connectivity index (χ1n) is 11.9. The van der Waals surface area contributed by atoms with Crippen molar-refractivity contribution in [3.8, 4) is 0 Å². The highest BCUT2D eigenvalue weighted by atomic mass is 16.5. The van der Waals surface area contributed by atoms with E-state index in [0.29, 0.717) is 19.4 Å². The molecule has 2 rings (SSSR count). The van der Waals surface area contributed by atoms with E-state index in [4.69, 9.17) is 4.74 Å². The van der Waals surface area contributed by atoms with Gasteiger partial charge in [-0.1, -0.05) is 96.0 Å². The van der Waals surface area contributed by atoms with Crippen LogP contribution in [-0.4, -0.2) is 48.8 Å². The van der Waals surface area contributed by atoms with Gasteiger partial charge in [0, 0.05) is 36.9 Å². The van der Waals surface area contributed by atoms with Gasteiger partial charge in [-0.2, -0.15) is 0 Å². The van der Waals surface area contributed by atoms with Gasteiger partial charge in [0.25, 0.3) is 0 Å². The van der Waals surface area contributed by atoms with Crippen LogP contribution in [0.3, 0.4) is 0 Å². The van der Waals surface area contributed by atoms with Crippen molar-refractivity contribution in [2.75, 3.05) is 33.0 Å². The number of piperidine rings is 1. The monoisotopic (exact) mass is 426 g/mol. The van der Waals surface area contributed by atoms with Crippen molar-refractivity contribution < 1.29 is 4.74 Å². The molecule has 0 aromatic carbocycles. The number of hydrogen-bond donors (Lipinski definition) is 0. The predicted molar refractivity (Wildman–Crippen MR) is 139 cm³/mol. The second-order valence-electron chi connectivity index (χ2n) is 6.94. The highest BCUT2D eigenvalue weighted by Crippen LogP contribution is 2.28. The summed E-state index contributed by atoms with van der Waals surface area (Å²) in [6.07, 6.45) is 19.4. The molecule has 0 aromatic rings. The lowest BCUT2D eigenvalue weighted by atomic mass is 9.99. The third-order valence-electron chi connectivity index (χ3n) is 5.25. The van der Waals surface area contributed by atoms with Crippen molar-refractivity contribution in [1.29, 1.82) is 0 Å². The van der Waals surface area contributed by atoms with Gasteiger partial charge < -0.3 is 14.5 Å². The molecule has 2 heterocycles. The van der Waals surface area contributed by atoms with Crippen LogP contribution in [0.2, 0.25) is 0 Å². The van der Waals surface area contributed by atoms with Crippen LogP contribution in [0.4, 0.5) is 0 Å². The fourth-order valence-corrected chi connectivity index (χ4v) is 3.76. The Morgan fingerprint density at radius 2 is 1.71 bits per heavy atom. The summed E-state index contributed by atoms with van der Waals surface area (Å²) in [5.41, 5.74) is 3.81. The van der Waals surface area contributed by atoms with Crippen molar-refractivity contribution in [1.82, 2.24) is 9.80 Å². The molecule has 0 aromatic heterocycles. The minimum absolute atomic E-state index is 0.547. The van der Waals surface area contributed by atoms with Crippen molar-refractivity contribution in [2.24, 2.45) is 0 Å². The first-order valence-corrected chi connectivity index (χ1v) is 11.9. The predicted octanol–water partition coefficient (Wildman–Crippen LogP) is 7.05. The fourth-order valence-electron chi connectivity index (χ4n) is 3.76. The molecule has 0 radical (unpaired) electrons. The number of likely N-dealkylation sites (tertiary alicyclic amines) is 1. The Morgan fingerprint density at radius 3 is 2.26 bits per heavy atom. The Hall–Kier alpha value is -2.10. The molecule has 0 amide bonds. The molecule has 2 saturated heterocycles. The molecule has 0 bridgehead atoms. The van der Waals surface area contributed by atoms with Crippen molar-refractivity contribution in [2.45, 2.75) is 59.9 Å². The fraction of sp³-hybridized carbons (Fsp3) is 0.500. The molecule has 0 aliphatic carbocycles. The minimum Gasteiger partial charge on any atom is -0.356 e. The third-order valence-corrected chi connectivity index (χ3v) is 5.25. The molecule has 3 nitrogen and oxygen atoms in total. The Balaban J connectivity index is 0.00000212. The van der Waals surface area contributed by atoms with E-state index in [-0.39, 0.29) is 0 Å². The van der Waals surface area contributed by atoms with Gasteiger partial charge in [0.15, 0.2) is 0 Å². The minimum atomic E-state index is 0.547. The quantitative estimate of drug-likeness (QED) is 0.387. The first-order chi connectivity index (χ1) is 15.2. The van der Waals surface area contributed by atoms with E-state index in [1.165, 1.54) is 29.7 Å².